The molecular weight excluding hydrogens is 238 g/mol. The van der Waals surface area contributed by atoms with Crippen molar-refractivity contribution in [3.05, 3.63) is 28.8 Å². The first-order chi connectivity index (χ1) is 8.13. The lowest BCUT2D eigenvalue weighted by atomic mass is 10.1. The van der Waals surface area contributed by atoms with Crippen molar-refractivity contribution < 1.29 is 9.84 Å². The van der Waals surface area contributed by atoms with Gasteiger partial charge in [0.05, 0.1) is 12.7 Å². The number of rotatable bonds is 7. The minimum Gasteiger partial charge on any atom is -0.494 e. The predicted octanol–water partition coefficient (Wildman–Crippen LogP) is 2.52. The molecule has 1 rings (SSSR count). The van der Waals surface area contributed by atoms with E-state index >= 15 is 0 Å². The molecule has 0 amide bonds. The largest absolute Gasteiger partial charge is 0.494 e. The molecule has 4 heteroatoms. The van der Waals surface area contributed by atoms with Gasteiger partial charge in [0.25, 0.3) is 0 Å². The highest BCUT2D eigenvalue weighted by atomic mass is 35.5. The Morgan fingerprint density at radius 2 is 2.18 bits per heavy atom. The van der Waals surface area contributed by atoms with Crippen molar-refractivity contribution in [3.8, 4) is 5.75 Å². The third-order valence-electron chi connectivity index (χ3n) is 2.58. The van der Waals surface area contributed by atoms with Gasteiger partial charge in [-0.25, -0.2) is 0 Å². The van der Waals surface area contributed by atoms with Crippen LogP contribution in [-0.4, -0.2) is 24.4 Å². The number of hydrogen-bond acceptors (Lipinski definition) is 3. The number of benzene rings is 1. The zero-order chi connectivity index (χ0) is 12.7. The first kappa shape index (κ1) is 14.3. The molecule has 1 aromatic rings. The molecule has 17 heavy (non-hydrogen) atoms. The number of halogens is 1. The fourth-order valence-corrected chi connectivity index (χ4v) is 1.67. The van der Waals surface area contributed by atoms with Crippen LogP contribution in [0.25, 0.3) is 0 Å². The first-order valence-electron chi connectivity index (χ1n) is 5.90. The number of aliphatic hydroxyl groups is 1. The van der Waals surface area contributed by atoms with E-state index < -0.39 is 0 Å². The molecule has 0 saturated carbocycles. The minimum atomic E-state index is -0.310. The van der Waals surface area contributed by atoms with Crippen molar-refractivity contribution in [2.75, 3.05) is 13.2 Å². The third kappa shape index (κ3) is 5.39. The zero-order valence-electron chi connectivity index (χ0n) is 10.2. The molecule has 0 aliphatic carbocycles. The van der Waals surface area contributed by atoms with Crippen LogP contribution >= 0.6 is 11.6 Å². The van der Waals surface area contributed by atoms with Gasteiger partial charge in [-0.2, -0.15) is 0 Å². The number of aliphatic hydroxyl groups excluding tert-OH is 1. The van der Waals surface area contributed by atoms with Crippen LogP contribution in [0.1, 0.15) is 24.8 Å². The van der Waals surface area contributed by atoms with E-state index in [4.69, 9.17) is 22.1 Å². The van der Waals surface area contributed by atoms with Gasteiger partial charge in [0, 0.05) is 5.02 Å². The maximum Gasteiger partial charge on any atom is 0.119 e. The lowest BCUT2D eigenvalue weighted by molar-refractivity contribution is 0.146. The van der Waals surface area contributed by atoms with Gasteiger partial charge in [-0.3, -0.25) is 0 Å². The van der Waals surface area contributed by atoms with Crippen LogP contribution in [0.3, 0.4) is 0 Å². The lowest BCUT2D eigenvalue weighted by Gasteiger charge is -2.10. The van der Waals surface area contributed by atoms with Gasteiger partial charge in [-0.15, -0.1) is 0 Å². The summed E-state index contributed by atoms with van der Waals surface area (Å²) >= 11 is 5.92. The second-order valence-corrected chi connectivity index (χ2v) is 4.54. The Hall–Kier alpha value is -0.770. The van der Waals surface area contributed by atoms with Crippen molar-refractivity contribution in [2.45, 2.75) is 32.3 Å². The topological polar surface area (TPSA) is 55.5 Å². The molecule has 0 bridgehead atoms. The summed E-state index contributed by atoms with van der Waals surface area (Å²) in [7, 11) is 0. The normalized spacial score (nSPS) is 12.5. The standard InChI is InChI=1S/C13H20ClNO2/c1-10-9-12(4-5-13(10)14)17-8-2-3-11(16)6-7-15/h4-5,9,11,16H,2-3,6-8,15H2,1H3/t11-/m0/s1. The summed E-state index contributed by atoms with van der Waals surface area (Å²) in [5.74, 6) is 0.820. The smallest absolute Gasteiger partial charge is 0.119 e. The number of hydrogen-bond donors (Lipinski definition) is 2. The molecule has 0 fully saturated rings. The third-order valence-corrected chi connectivity index (χ3v) is 3.00. The predicted molar refractivity (Wildman–Crippen MR) is 70.6 cm³/mol. The monoisotopic (exact) mass is 257 g/mol. The molecule has 0 unspecified atom stereocenters. The lowest BCUT2D eigenvalue weighted by Crippen LogP contribution is -2.14. The molecule has 0 spiro atoms. The molecule has 96 valence electrons. The highest BCUT2D eigenvalue weighted by Gasteiger charge is 2.03. The van der Waals surface area contributed by atoms with E-state index in [0.717, 1.165) is 29.2 Å². The van der Waals surface area contributed by atoms with E-state index in [1.165, 1.54) is 0 Å². The zero-order valence-corrected chi connectivity index (χ0v) is 10.9. The van der Waals surface area contributed by atoms with E-state index in [1.54, 1.807) is 0 Å². The quantitative estimate of drug-likeness (QED) is 0.738. The van der Waals surface area contributed by atoms with Crippen molar-refractivity contribution in [2.24, 2.45) is 5.73 Å². The molecule has 0 aliphatic heterocycles. The molecule has 0 radical (unpaired) electrons. The van der Waals surface area contributed by atoms with Gasteiger partial charge < -0.3 is 15.6 Å². The molecule has 0 aliphatic rings. The highest BCUT2D eigenvalue weighted by Crippen LogP contribution is 2.21. The van der Waals surface area contributed by atoms with Gasteiger partial charge in [0.15, 0.2) is 0 Å². The average molecular weight is 258 g/mol. The SMILES string of the molecule is Cc1cc(OCCC[C@H](O)CCN)ccc1Cl. The van der Waals surface area contributed by atoms with Crippen LogP contribution in [0.5, 0.6) is 5.75 Å². The number of ether oxygens (including phenoxy) is 1. The summed E-state index contributed by atoms with van der Waals surface area (Å²) in [4.78, 5) is 0. The van der Waals surface area contributed by atoms with Crippen molar-refractivity contribution in [1.29, 1.82) is 0 Å². The van der Waals surface area contributed by atoms with Crippen molar-refractivity contribution in [1.82, 2.24) is 0 Å². The summed E-state index contributed by atoms with van der Waals surface area (Å²) in [6.07, 6.45) is 1.89. The Morgan fingerprint density at radius 1 is 1.41 bits per heavy atom. The Labute approximate surface area is 108 Å². The average Bonchev–Trinajstić information content (AvgIpc) is 2.29. The summed E-state index contributed by atoms with van der Waals surface area (Å²) in [5, 5.41) is 10.2. The van der Waals surface area contributed by atoms with Crippen LogP contribution in [0.2, 0.25) is 5.02 Å². The summed E-state index contributed by atoms with van der Waals surface area (Å²) in [5.41, 5.74) is 6.36. The van der Waals surface area contributed by atoms with E-state index in [1.807, 2.05) is 25.1 Å². The Bertz CT molecular complexity index is 344. The molecule has 0 aromatic heterocycles. The van der Waals surface area contributed by atoms with E-state index in [9.17, 15) is 5.11 Å². The second kappa shape index (κ2) is 7.54. The van der Waals surface area contributed by atoms with E-state index in [-0.39, 0.29) is 6.10 Å². The molecule has 1 aromatic carbocycles. The highest BCUT2D eigenvalue weighted by molar-refractivity contribution is 6.31. The van der Waals surface area contributed by atoms with Crippen LogP contribution in [0.4, 0.5) is 0 Å². The fourth-order valence-electron chi connectivity index (χ4n) is 1.55. The minimum absolute atomic E-state index is 0.310. The second-order valence-electron chi connectivity index (χ2n) is 4.13. The molecule has 3 N–H and O–H groups in total. The Balaban J connectivity index is 2.24. The van der Waals surface area contributed by atoms with Crippen molar-refractivity contribution in [3.63, 3.8) is 0 Å². The number of aryl methyl sites for hydroxylation is 1. The Kier molecular flexibility index (Phi) is 6.34. The summed E-state index contributed by atoms with van der Waals surface area (Å²) in [6.45, 7) is 3.07. The van der Waals surface area contributed by atoms with Crippen LogP contribution in [-0.2, 0) is 0 Å². The van der Waals surface area contributed by atoms with Gasteiger partial charge in [-0.1, -0.05) is 11.6 Å². The number of nitrogens with two attached hydrogens (primary N) is 1. The maximum atomic E-state index is 9.47. The molecule has 1 atom stereocenters. The molecule has 0 heterocycles. The fraction of sp³-hybridized carbons (Fsp3) is 0.538. The van der Waals surface area contributed by atoms with Gasteiger partial charge in [0.2, 0.25) is 0 Å². The summed E-state index contributed by atoms with van der Waals surface area (Å²) in [6, 6.07) is 5.60. The van der Waals surface area contributed by atoms with Gasteiger partial charge >= 0.3 is 0 Å². The molecular formula is C13H20ClNO2. The van der Waals surface area contributed by atoms with Crippen LogP contribution < -0.4 is 10.5 Å². The first-order valence-corrected chi connectivity index (χ1v) is 6.28. The maximum absolute atomic E-state index is 9.47. The Morgan fingerprint density at radius 3 is 2.82 bits per heavy atom. The molecule has 3 nitrogen and oxygen atoms in total. The van der Waals surface area contributed by atoms with Gasteiger partial charge in [-0.05, 0) is 56.5 Å². The van der Waals surface area contributed by atoms with Crippen LogP contribution in [0, 0.1) is 6.92 Å². The summed E-state index contributed by atoms with van der Waals surface area (Å²) < 4.78 is 5.57. The van der Waals surface area contributed by atoms with E-state index in [0.29, 0.717) is 19.6 Å². The van der Waals surface area contributed by atoms with Crippen molar-refractivity contribution >= 4 is 11.6 Å². The molecule has 0 saturated heterocycles. The van der Waals surface area contributed by atoms with Crippen LogP contribution in [0.15, 0.2) is 18.2 Å². The van der Waals surface area contributed by atoms with E-state index in [2.05, 4.69) is 0 Å². The van der Waals surface area contributed by atoms with Gasteiger partial charge in [0.1, 0.15) is 5.75 Å².